The number of benzene rings is 1. The second-order valence-corrected chi connectivity index (χ2v) is 4.83. The number of alkyl halides is 4. The van der Waals surface area contributed by atoms with Crippen molar-refractivity contribution in [2.75, 3.05) is 0 Å². The summed E-state index contributed by atoms with van der Waals surface area (Å²) in [7, 11) is 0. The molecule has 0 atom stereocenters. The first-order chi connectivity index (χ1) is 5.08. The highest BCUT2D eigenvalue weighted by Gasteiger charge is 2.47. The predicted octanol–water partition coefficient (Wildman–Crippen LogP) is -3.53. The summed E-state index contributed by atoms with van der Waals surface area (Å²) in [6.07, 6.45) is 0. The van der Waals surface area contributed by atoms with Gasteiger partial charge in [-0.05, 0) is 12.1 Å². The molecule has 0 N–H and O–H groups in total. The summed E-state index contributed by atoms with van der Waals surface area (Å²) >= 11 is -1.82. The molecule has 1 aromatic carbocycles. The van der Waals surface area contributed by atoms with E-state index in [9.17, 15) is 13.2 Å². The van der Waals surface area contributed by atoms with E-state index in [4.69, 9.17) is 0 Å². The largest absolute Gasteiger partial charge is 1.00 e. The third kappa shape index (κ3) is 4.82. The van der Waals surface area contributed by atoms with Gasteiger partial charge in [-0.1, -0.05) is 18.2 Å². The van der Waals surface area contributed by atoms with Gasteiger partial charge in [0.1, 0.15) is 0 Å². The molecule has 1 rings (SSSR count). The van der Waals surface area contributed by atoms with Crippen LogP contribution in [-0.4, -0.2) is 4.18 Å². The van der Waals surface area contributed by atoms with Crippen LogP contribution < -0.4 is 33.6 Å². The van der Waals surface area contributed by atoms with Gasteiger partial charge in [0, 0.05) is 0 Å². The molecule has 0 aliphatic heterocycles. The molecule has 0 saturated heterocycles. The molecule has 0 unspecified atom stereocenters. The van der Waals surface area contributed by atoms with E-state index in [1.807, 2.05) is 0 Å². The molecule has 5 heteroatoms. The van der Waals surface area contributed by atoms with Gasteiger partial charge < -0.3 is 12.4 Å². The molecule has 0 amide bonds. The van der Waals surface area contributed by atoms with Crippen LogP contribution in [0.1, 0.15) is 0 Å². The van der Waals surface area contributed by atoms with Crippen LogP contribution in [0, 0.1) is 3.57 Å². The summed E-state index contributed by atoms with van der Waals surface area (Å²) in [5.74, 6) is 0. The summed E-state index contributed by atoms with van der Waals surface area (Å²) in [4.78, 5) is 0. The summed E-state index contributed by atoms with van der Waals surface area (Å²) in [6.45, 7) is 0. The van der Waals surface area contributed by atoms with Crippen molar-refractivity contribution in [1.82, 2.24) is 0 Å². The minimum atomic E-state index is -3.99. The molecule has 0 heterocycles. The van der Waals surface area contributed by atoms with Gasteiger partial charge in [-0.25, -0.2) is 0 Å². The third-order valence-electron chi connectivity index (χ3n) is 0.949. The second-order valence-electron chi connectivity index (χ2n) is 1.82. The normalized spacial score (nSPS) is 10.6. The number of rotatable bonds is 1. The Morgan fingerprint density at radius 3 is 1.92 bits per heavy atom. The smallest absolute Gasteiger partial charge is 0.609 e. The molecule has 0 bridgehead atoms. The quantitative estimate of drug-likeness (QED) is 0.373. The Bertz CT molecular complexity index is 222. The van der Waals surface area contributed by atoms with Crippen molar-refractivity contribution in [3.8, 4) is 0 Å². The van der Waals surface area contributed by atoms with Crippen LogP contribution in [0.5, 0.6) is 0 Å². The van der Waals surface area contributed by atoms with E-state index < -0.39 is 25.4 Å². The SMILES string of the molecule is FC(F)(F)[I+]c1ccccc1.[Cl-]. The van der Waals surface area contributed by atoms with Crippen LogP contribution in [-0.2, 0) is 0 Å². The van der Waals surface area contributed by atoms with Gasteiger partial charge in [-0.3, -0.25) is 0 Å². The zero-order valence-electron chi connectivity index (χ0n) is 5.78. The Hall–Kier alpha value is 0.0300. The molecular formula is C7H5ClF3I. The molecule has 0 aliphatic rings. The molecule has 68 valence electrons. The minimum absolute atomic E-state index is 0. The molecule has 0 saturated carbocycles. The molecule has 0 aliphatic carbocycles. The van der Waals surface area contributed by atoms with Crippen LogP contribution >= 0.6 is 0 Å². The summed E-state index contributed by atoms with van der Waals surface area (Å²) in [5.41, 5.74) is 0. The van der Waals surface area contributed by atoms with Crippen LogP contribution in [0.4, 0.5) is 13.2 Å². The van der Waals surface area contributed by atoms with Gasteiger partial charge in [0.05, 0.1) is 0 Å². The third-order valence-corrected chi connectivity index (χ3v) is 2.90. The lowest BCUT2D eigenvalue weighted by atomic mass is 10.4. The highest BCUT2D eigenvalue weighted by molar-refractivity contribution is 4.98. The van der Waals surface area contributed by atoms with Gasteiger partial charge in [0.2, 0.25) is 0 Å². The monoisotopic (exact) mass is 308 g/mol. The highest BCUT2D eigenvalue weighted by Crippen LogP contribution is 1.98. The standard InChI is InChI=1S/C7H5F3I.ClH/c8-7(9,10)11-6-4-2-1-3-5-6;/h1-5H;1H/q+1;/p-1. The Morgan fingerprint density at radius 1 is 1.00 bits per heavy atom. The molecule has 1 aromatic rings. The molecule has 0 radical (unpaired) electrons. The van der Waals surface area contributed by atoms with E-state index in [1.54, 1.807) is 18.2 Å². The topological polar surface area (TPSA) is 0 Å². The number of hydrogen-bond donors (Lipinski definition) is 0. The molecule has 0 nitrogen and oxygen atoms in total. The van der Waals surface area contributed by atoms with E-state index in [-0.39, 0.29) is 12.4 Å². The van der Waals surface area contributed by atoms with Crippen LogP contribution in [0.2, 0.25) is 0 Å². The lowest BCUT2D eigenvalue weighted by Gasteiger charge is -1.87. The summed E-state index contributed by atoms with van der Waals surface area (Å²) in [5, 5.41) is 0. The van der Waals surface area contributed by atoms with Gasteiger partial charge in [0.15, 0.2) is 3.57 Å². The maximum absolute atomic E-state index is 11.8. The Morgan fingerprint density at radius 2 is 1.50 bits per heavy atom. The van der Waals surface area contributed by atoms with Crippen LogP contribution in [0.3, 0.4) is 0 Å². The fraction of sp³-hybridized carbons (Fsp3) is 0.143. The molecule has 12 heavy (non-hydrogen) atoms. The van der Waals surface area contributed by atoms with E-state index in [2.05, 4.69) is 0 Å². The first kappa shape index (κ1) is 12.0. The van der Waals surface area contributed by atoms with Crippen molar-refractivity contribution in [1.29, 1.82) is 0 Å². The highest BCUT2D eigenvalue weighted by atomic mass is 127. The first-order valence-corrected chi connectivity index (χ1v) is 5.01. The van der Waals surface area contributed by atoms with E-state index in [1.165, 1.54) is 12.1 Å². The van der Waals surface area contributed by atoms with Gasteiger partial charge >= 0.3 is 25.4 Å². The van der Waals surface area contributed by atoms with Crippen molar-refractivity contribution in [3.63, 3.8) is 0 Å². The Kier molecular flexibility index (Phi) is 4.92. The van der Waals surface area contributed by atoms with Crippen LogP contribution in [0.15, 0.2) is 30.3 Å². The number of hydrogen-bond acceptors (Lipinski definition) is 0. The van der Waals surface area contributed by atoms with Gasteiger partial charge in [0.25, 0.3) is 0 Å². The minimum Gasteiger partial charge on any atom is -1.00 e. The predicted molar refractivity (Wildman–Crippen MR) is 31.2 cm³/mol. The van der Waals surface area contributed by atoms with E-state index >= 15 is 0 Å². The van der Waals surface area contributed by atoms with Crippen molar-refractivity contribution in [3.05, 3.63) is 33.9 Å². The second kappa shape index (κ2) is 4.91. The lowest BCUT2D eigenvalue weighted by Crippen LogP contribution is -3.67. The first-order valence-electron chi connectivity index (χ1n) is 2.86. The van der Waals surface area contributed by atoms with Crippen molar-refractivity contribution < 1.29 is 46.8 Å². The zero-order chi connectivity index (χ0) is 8.32. The van der Waals surface area contributed by atoms with Crippen molar-refractivity contribution in [2.24, 2.45) is 0 Å². The fourth-order valence-corrected chi connectivity index (χ4v) is 2.08. The van der Waals surface area contributed by atoms with Crippen molar-refractivity contribution >= 4 is 0 Å². The molecule has 0 spiro atoms. The summed E-state index contributed by atoms with van der Waals surface area (Å²) in [6, 6.07) is 7.99. The maximum Gasteiger partial charge on any atom is 0.609 e. The average Bonchev–Trinajstić information content (AvgIpc) is 1.85. The number of halogens is 5. The van der Waals surface area contributed by atoms with E-state index in [0.29, 0.717) is 3.57 Å². The lowest BCUT2D eigenvalue weighted by molar-refractivity contribution is -0.793. The average molecular weight is 308 g/mol. The Labute approximate surface area is 84.8 Å². The van der Waals surface area contributed by atoms with Gasteiger partial charge in [-0.2, -0.15) is 0 Å². The van der Waals surface area contributed by atoms with Gasteiger partial charge in [-0.15, -0.1) is 13.2 Å². The fourth-order valence-electron chi connectivity index (χ4n) is 0.601. The molecule has 0 fully saturated rings. The summed E-state index contributed by atoms with van der Waals surface area (Å²) < 4.78 is 31.8. The van der Waals surface area contributed by atoms with Crippen LogP contribution in [0.25, 0.3) is 0 Å². The zero-order valence-corrected chi connectivity index (χ0v) is 8.69. The maximum atomic E-state index is 11.8. The molecule has 0 aromatic heterocycles. The molecular weight excluding hydrogens is 303 g/mol. The van der Waals surface area contributed by atoms with E-state index in [0.717, 1.165) is 0 Å². The van der Waals surface area contributed by atoms with Crippen molar-refractivity contribution in [2.45, 2.75) is 4.18 Å². The Balaban J connectivity index is 0.00000121.